The first-order chi connectivity index (χ1) is 11.9. The van der Waals surface area contributed by atoms with Crippen LogP contribution in [0.5, 0.6) is 0 Å². The third-order valence-electron chi connectivity index (χ3n) is 3.15. The van der Waals surface area contributed by atoms with Crippen LogP contribution in [0.2, 0.25) is 0 Å². The molecule has 0 aromatic heterocycles. The predicted octanol–water partition coefficient (Wildman–Crippen LogP) is 3.58. The van der Waals surface area contributed by atoms with Gasteiger partial charge in [-0.15, -0.1) is 11.8 Å². The lowest BCUT2D eigenvalue weighted by atomic mass is 10.2. The molecule has 2 aromatic rings. The predicted molar refractivity (Wildman–Crippen MR) is 90.1 cm³/mol. The molecule has 4 nitrogen and oxygen atoms in total. The van der Waals surface area contributed by atoms with Crippen LogP contribution in [0.1, 0.15) is 17.3 Å². The highest BCUT2D eigenvalue weighted by molar-refractivity contribution is 7.99. The van der Waals surface area contributed by atoms with Gasteiger partial charge in [-0.25, -0.2) is 13.2 Å². The summed E-state index contributed by atoms with van der Waals surface area (Å²) in [6.07, 6.45) is 0. The van der Waals surface area contributed by atoms with Gasteiger partial charge in [-0.1, -0.05) is 19.1 Å². The van der Waals surface area contributed by atoms with Gasteiger partial charge in [0.1, 0.15) is 0 Å². The monoisotopic (exact) mass is 368 g/mol. The highest BCUT2D eigenvalue weighted by Gasteiger charge is 2.16. The van der Waals surface area contributed by atoms with Gasteiger partial charge >= 0.3 is 0 Å². The maximum atomic E-state index is 13.5. The molecule has 0 saturated heterocycles. The molecule has 0 spiro atoms. The van der Waals surface area contributed by atoms with E-state index in [1.54, 1.807) is 24.3 Å². The Hall–Kier alpha value is -2.48. The molecule has 0 bridgehead atoms. The van der Waals surface area contributed by atoms with Gasteiger partial charge in [0.2, 0.25) is 5.91 Å². The lowest BCUT2D eigenvalue weighted by Gasteiger charge is -2.10. The van der Waals surface area contributed by atoms with Crippen molar-refractivity contribution in [2.24, 2.45) is 0 Å². The second kappa shape index (κ2) is 8.57. The Balaban J connectivity index is 1.99. The van der Waals surface area contributed by atoms with Crippen LogP contribution in [0.3, 0.4) is 0 Å². The first kappa shape index (κ1) is 18.9. The van der Waals surface area contributed by atoms with Gasteiger partial charge in [-0.05, 0) is 30.0 Å². The quantitative estimate of drug-likeness (QED) is 0.605. The molecular weight excluding hydrogens is 353 g/mol. The second-order valence-corrected chi connectivity index (χ2v) is 6.19. The summed E-state index contributed by atoms with van der Waals surface area (Å²) in [5.41, 5.74) is -0.0822. The zero-order valence-corrected chi connectivity index (χ0v) is 14.1. The number of benzene rings is 2. The van der Waals surface area contributed by atoms with Crippen LogP contribution < -0.4 is 10.6 Å². The van der Waals surface area contributed by atoms with Crippen molar-refractivity contribution in [3.05, 3.63) is 59.4 Å². The van der Waals surface area contributed by atoms with Crippen LogP contribution in [0, 0.1) is 17.5 Å². The average molecular weight is 368 g/mol. The fraction of sp³-hybridized carbons (Fsp3) is 0.176. The van der Waals surface area contributed by atoms with Gasteiger partial charge < -0.3 is 10.6 Å². The largest absolute Gasteiger partial charge is 0.343 e. The number of halogens is 3. The number of rotatable bonds is 6. The van der Waals surface area contributed by atoms with Crippen molar-refractivity contribution in [1.29, 1.82) is 0 Å². The summed E-state index contributed by atoms with van der Waals surface area (Å²) < 4.78 is 39.5. The van der Waals surface area contributed by atoms with Gasteiger partial charge in [0.15, 0.2) is 17.5 Å². The van der Waals surface area contributed by atoms with Crippen LogP contribution in [0.15, 0.2) is 41.3 Å². The second-order valence-electron chi connectivity index (χ2n) is 4.88. The van der Waals surface area contributed by atoms with Crippen molar-refractivity contribution in [3.63, 3.8) is 0 Å². The lowest BCUT2D eigenvalue weighted by Crippen LogP contribution is -2.33. The number of thioether (sulfide) groups is 1. The molecule has 0 aliphatic heterocycles. The van der Waals surface area contributed by atoms with Gasteiger partial charge in [-0.3, -0.25) is 9.59 Å². The Labute approximate surface area is 146 Å². The molecule has 0 aliphatic rings. The maximum absolute atomic E-state index is 13.5. The highest BCUT2D eigenvalue weighted by Crippen LogP contribution is 2.22. The lowest BCUT2D eigenvalue weighted by molar-refractivity contribution is -0.115. The number of carbonyl (C=O) groups is 2. The molecule has 2 N–H and O–H groups in total. The van der Waals surface area contributed by atoms with E-state index in [9.17, 15) is 22.8 Å². The summed E-state index contributed by atoms with van der Waals surface area (Å²) in [5.74, 6) is -4.97. The fourth-order valence-electron chi connectivity index (χ4n) is 2.01. The Morgan fingerprint density at radius 1 is 1.04 bits per heavy atom. The van der Waals surface area contributed by atoms with E-state index < -0.39 is 41.5 Å². The van der Waals surface area contributed by atoms with Crippen molar-refractivity contribution in [3.8, 4) is 0 Å². The van der Waals surface area contributed by atoms with Gasteiger partial charge in [-0.2, -0.15) is 0 Å². The minimum atomic E-state index is -1.67. The van der Waals surface area contributed by atoms with Crippen LogP contribution in [-0.2, 0) is 4.79 Å². The van der Waals surface area contributed by atoms with E-state index in [1.807, 2.05) is 6.92 Å². The van der Waals surface area contributed by atoms with Gasteiger partial charge in [0.25, 0.3) is 5.91 Å². The molecule has 8 heteroatoms. The Bertz CT molecular complexity index is 799. The van der Waals surface area contributed by atoms with Crippen molar-refractivity contribution in [1.82, 2.24) is 5.32 Å². The van der Waals surface area contributed by atoms with Crippen LogP contribution in [0.25, 0.3) is 0 Å². The fourth-order valence-corrected chi connectivity index (χ4v) is 2.81. The normalized spacial score (nSPS) is 10.4. The number of amides is 2. The molecule has 25 heavy (non-hydrogen) atoms. The molecule has 0 atom stereocenters. The van der Waals surface area contributed by atoms with E-state index in [2.05, 4.69) is 10.6 Å². The highest BCUT2D eigenvalue weighted by atomic mass is 32.2. The van der Waals surface area contributed by atoms with E-state index in [0.29, 0.717) is 11.6 Å². The zero-order valence-electron chi connectivity index (χ0n) is 13.2. The van der Waals surface area contributed by atoms with Crippen molar-refractivity contribution in [2.75, 3.05) is 17.6 Å². The summed E-state index contributed by atoms with van der Waals surface area (Å²) in [4.78, 5) is 24.7. The number of anilines is 1. The smallest absolute Gasteiger partial charge is 0.252 e. The maximum Gasteiger partial charge on any atom is 0.252 e. The van der Waals surface area contributed by atoms with E-state index >= 15 is 0 Å². The topological polar surface area (TPSA) is 58.2 Å². The number of carbonyl (C=O) groups excluding carboxylic acids is 2. The average Bonchev–Trinajstić information content (AvgIpc) is 2.61. The minimum Gasteiger partial charge on any atom is -0.343 e. The summed E-state index contributed by atoms with van der Waals surface area (Å²) in [6.45, 7) is 1.51. The first-order valence-electron chi connectivity index (χ1n) is 7.37. The standard InChI is InChI=1S/C17H15F3N2O2S/c1-2-25-13-6-4-3-5-10(13)17(24)21-9-14(23)22-12-8-7-11(18)15(19)16(12)20/h3-8H,2,9H2,1H3,(H,21,24)(H,22,23). The molecule has 0 radical (unpaired) electrons. The Morgan fingerprint density at radius 2 is 1.76 bits per heavy atom. The first-order valence-corrected chi connectivity index (χ1v) is 8.36. The molecule has 132 valence electrons. The minimum absolute atomic E-state index is 0.418. The van der Waals surface area contributed by atoms with Gasteiger partial charge in [0, 0.05) is 4.90 Å². The summed E-state index contributed by atoms with van der Waals surface area (Å²) >= 11 is 1.48. The van der Waals surface area contributed by atoms with Gasteiger partial charge in [0.05, 0.1) is 17.8 Å². The molecule has 2 aromatic carbocycles. The van der Waals surface area contributed by atoms with Crippen LogP contribution >= 0.6 is 11.8 Å². The number of nitrogens with one attached hydrogen (secondary N) is 2. The van der Waals surface area contributed by atoms with Crippen LogP contribution in [0.4, 0.5) is 18.9 Å². The molecule has 0 fully saturated rings. The summed E-state index contributed by atoms with van der Waals surface area (Å²) in [7, 11) is 0. The van der Waals surface area contributed by atoms with E-state index in [4.69, 9.17) is 0 Å². The van der Waals surface area contributed by atoms with Crippen LogP contribution in [-0.4, -0.2) is 24.1 Å². The van der Waals surface area contributed by atoms with Crippen molar-refractivity contribution < 1.29 is 22.8 Å². The van der Waals surface area contributed by atoms with Crippen molar-refractivity contribution >= 4 is 29.3 Å². The zero-order chi connectivity index (χ0) is 18.4. The molecule has 2 amide bonds. The number of hydrogen-bond donors (Lipinski definition) is 2. The SMILES string of the molecule is CCSc1ccccc1C(=O)NCC(=O)Nc1ccc(F)c(F)c1F. The third kappa shape index (κ3) is 4.76. The number of hydrogen-bond acceptors (Lipinski definition) is 3. The molecule has 2 rings (SSSR count). The van der Waals surface area contributed by atoms with Crippen molar-refractivity contribution in [2.45, 2.75) is 11.8 Å². The van der Waals surface area contributed by atoms with E-state index in [-0.39, 0.29) is 0 Å². The summed E-state index contributed by atoms with van der Waals surface area (Å²) in [6, 6.07) is 8.52. The summed E-state index contributed by atoms with van der Waals surface area (Å²) in [5, 5.41) is 4.49. The van der Waals surface area contributed by atoms with E-state index in [0.717, 1.165) is 16.7 Å². The van der Waals surface area contributed by atoms with E-state index in [1.165, 1.54) is 11.8 Å². The molecule has 0 heterocycles. The third-order valence-corrected chi connectivity index (χ3v) is 4.11. The Kier molecular flexibility index (Phi) is 6.46. The Morgan fingerprint density at radius 3 is 2.48 bits per heavy atom. The molecule has 0 saturated carbocycles. The molecular formula is C17H15F3N2O2S. The molecule has 0 unspecified atom stereocenters. The molecule has 0 aliphatic carbocycles.